The zero-order valence-electron chi connectivity index (χ0n) is 15.0. The van der Waals surface area contributed by atoms with E-state index in [2.05, 4.69) is 4.98 Å². The third-order valence-electron chi connectivity index (χ3n) is 5.02. The van der Waals surface area contributed by atoms with Crippen LogP contribution in [0.2, 0.25) is 0 Å². The summed E-state index contributed by atoms with van der Waals surface area (Å²) in [6, 6.07) is 15.3. The van der Waals surface area contributed by atoms with Crippen molar-refractivity contribution in [3.8, 4) is 5.69 Å². The first-order chi connectivity index (χ1) is 13.6. The summed E-state index contributed by atoms with van der Waals surface area (Å²) in [6.07, 6.45) is 3.16. The quantitative estimate of drug-likeness (QED) is 0.550. The number of imidazole rings is 1. The van der Waals surface area contributed by atoms with Gasteiger partial charge in [0.05, 0.1) is 12.0 Å². The lowest BCUT2D eigenvalue weighted by atomic mass is 10.2. The second-order valence-electron chi connectivity index (χ2n) is 7.03. The molecule has 0 amide bonds. The van der Waals surface area contributed by atoms with Crippen LogP contribution in [0.15, 0.2) is 70.5 Å². The average molecular weight is 376 g/mol. The first-order valence-corrected chi connectivity index (χ1v) is 9.16. The summed E-state index contributed by atoms with van der Waals surface area (Å²) in [6.45, 7) is 0.293. The van der Waals surface area contributed by atoms with Gasteiger partial charge in [0.15, 0.2) is 11.2 Å². The second kappa shape index (κ2) is 6.30. The van der Waals surface area contributed by atoms with Crippen LogP contribution in [0, 0.1) is 5.82 Å². The lowest BCUT2D eigenvalue weighted by Gasteiger charge is -2.12. The van der Waals surface area contributed by atoms with Crippen LogP contribution >= 0.6 is 0 Å². The lowest BCUT2D eigenvalue weighted by molar-refractivity contribution is 0.623. The van der Waals surface area contributed by atoms with Crippen LogP contribution in [0.3, 0.4) is 0 Å². The van der Waals surface area contributed by atoms with Crippen molar-refractivity contribution in [1.82, 2.24) is 18.7 Å². The van der Waals surface area contributed by atoms with Crippen LogP contribution < -0.4 is 11.2 Å². The van der Waals surface area contributed by atoms with Crippen molar-refractivity contribution in [3.05, 3.63) is 93.1 Å². The molecule has 2 aromatic heterocycles. The van der Waals surface area contributed by atoms with E-state index in [1.54, 1.807) is 16.7 Å². The van der Waals surface area contributed by atoms with E-state index in [9.17, 15) is 14.0 Å². The summed E-state index contributed by atoms with van der Waals surface area (Å²) >= 11 is 0. The summed E-state index contributed by atoms with van der Waals surface area (Å²) in [4.78, 5) is 30.7. The fraction of sp³-hybridized carbons (Fsp3) is 0.190. The van der Waals surface area contributed by atoms with Crippen molar-refractivity contribution in [2.45, 2.75) is 25.4 Å². The van der Waals surface area contributed by atoms with Crippen molar-refractivity contribution in [1.29, 1.82) is 0 Å². The smallest absolute Gasteiger partial charge is 0.320 e. The topological polar surface area (TPSA) is 61.8 Å². The SMILES string of the molecule is O=c1c2c(ncn2Cc2cccc(F)c2)n(-c2ccccc2)c(=O)n1C1CC1. The zero-order valence-corrected chi connectivity index (χ0v) is 15.0. The van der Waals surface area contributed by atoms with Gasteiger partial charge in [0, 0.05) is 12.6 Å². The molecule has 2 aromatic carbocycles. The standard InChI is InChI=1S/C21H17FN4O2/c22-15-6-4-5-14(11-15)12-24-13-23-19-18(24)20(27)26(17-9-10-17)21(28)25(19)16-7-2-1-3-8-16/h1-8,11,13,17H,9-10,12H2. The van der Waals surface area contributed by atoms with Crippen molar-refractivity contribution < 1.29 is 4.39 Å². The van der Waals surface area contributed by atoms with E-state index >= 15 is 0 Å². The number of benzene rings is 2. The molecule has 28 heavy (non-hydrogen) atoms. The van der Waals surface area contributed by atoms with E-state index in [1.807, 2.05) is 30.3 Å². The monoisotopic (exact) mass is 376 g/mol. The first kappa shape index (κ1) is 16.7. The number of nitrogens with zero attached hydrogens (tertiary/aromatic N) is 4. The summed E-state index contributed by atoms with van der Waals surface area (Å²) in [7, 11) is 0. The van der Waals surface area contributed by atoms with Crippen molar-refractivity contribution in [2.75, 3.05) is 0 Å². The molecule has 1 aliphatic carbocycles. The molecule has 4 aromatic rings. The summed E-state index contributed by atoms with van der Waals surface area (Å²) in [5.41, 5.74) is 1.32. The minimum absolute atomic E-state index is 0.0723. The van der Waals surface area contributed by atoms with Crippen LogP contribution in [0.4, 0.5) is 4.39 Å². The minimum atomic E-state index is -0.373. The molecule has 2 heterocycles. The van der Waals surface area contributed by atoms with Crippen LogP contribution in [-0.2, 0) is 6.54 Å². The maximum Gasteiger partial charge on any atom is 0.337 e. The Bertz CT molecular complexity index is 1300. The number of hydrogen-bond acceptors (Lipinski definition) is 3. The Morgan fingerprint density at radius 1 is 1.04 bits per heavy atom. The molecular formula is C21H17FN4O2. The molecule has 0 unspecified atom stereocenters. The van der Waals surface area contributed by atoms with Gasteiger partial charge in [-0.2, -0.15) is 0 Å². The number of para-hydroxylation sites is 1. The molecule has 1 fully saturated rings. The molecule has 1 aliphatic rings. The van der Waals surface area contributed by atoms with Gasteiger partial charge in [-0.25, -0.2) is 18.7 Å². The molecule has 1 saturated carbocycles. The van der Waals surface area contributed by atoms with Gasteiger partial charge in [-0.05, 0) is 42.7 Å². The van der Waals surface area contributed by atoms with Gasteiger partial charge >= 0.3 is 5.69 Å². The number of fused-ring (bicyclic) bond motifs is 1. The molecule has 0 radical (unpaired) electrons. The molecule has 0 spiro atoms. The molecule has 5 rings (SSSR count). The highest BCUT2D eigenvalue weighted by atomic mass is 19.1. The maximum absolute atomic E-state index is 13.6. The molecule has 7 heteroatoms. The molecule has 0 saturated heterocycles. The normalized spacial score (nSPS) is 13.9. The minimum Gasteiger partial charge on any atom is -0.320 e. The van der Waals surface area contributed by atoms with Gasteiger partial charge in [0.1, 0.15) is 5.82 Å². The van der Waals surface area contributed by atoms with Crippen LogP contribution in [-0.4, -0.2) is 18.7 Å². The largest absolute Gasteiger partial charge is 0.337 e. The number of halogens is 1. The van der Waals surface area contributed by atoms with E-state index in [1.165, 1.54) is 27.6 Å². The molecule has 6 nitrogen and oxygen atoms in total. The molecule has 0 aliphatic heterocycles. The van der Waals surface area contributed by atoms with E-state index in [0.717, 1.165) is 12.8 Å². The van der Waals surface area contributed by atoms with Gasteiger partial charge in [-0.15, -0.1) is 0 Å². The Morgan fingerprint density at radius 2 is 1.82 bits per heavy atom. The van der Waals surface area contributed by atoms with Gasteiger partial charge in [0.25, 0.3) is 5.56 Å². The predicted octanol–water partition coefficient (Wildman–Crippen LogP) is 2.87. The van der Waals surface area contributed by atoms with Crippen molar-refractivity contribution in [2.24, 2.45) is 0 Å². The van der Waals surface area contributed by atoms with Crippen LogP contribution in [0.5, 0.6) is 0 Å². The maximum atomic E-state index is 13.6. The zero-order chi connectivity index (χ0) is 19.3. The molecule has 0 N–H and O–H groups in total. The predicted molar refractivity (Wildman–Crippen MR) is 103 cm³/mol. The van der Waals surface area contributed by atoms with E-state index in [0.29, 0.717) is 29.0 Å². The van der Waals surface area contributed by atoms with E-state index < -0.39 is 0 Å². The average Bonchev–Trinajstić information content (AvgIpc) is 3.43. The Morgan fingerprint density at radius 3 is 2.54 bits per heavy atom. The number of aromatic nitrogens is 4. The van der Waals surface area contributed by atoms with Crippen molar-refractivity contribution >= 4 is 11.2 Å². The number of hydrogen-bond donors (Lipinski definition) is 0. The number of rotatable bonds is 4. The van der Waals surface area contributed by atoms with E-state index in [4.69, 9.17) is 0 Å². The lowest BCUT2D eigenvalue weighted by Crippen LogP contribution is -2.39. The Balaban J connectivity index is 1.78. The Kier molecular flexibility index (Phi) is 3.75. The van der Waals surface area contributed by atoms with Crippen LogP contribution in [0.25, 0.3) is 16.9 Å². The summed E-state index contributed by atoms with van der Waals surface area (Å²) in [5.74, 6) is -0.335. The molecule has 0 atom stereocenters. The summed E-state index contributed by atoms with van der Waals surface area (Å²) in [5, 5.41) is 0. The van der Waals surface area contributed by atoms with E-state index in [-0.39, 0.29) is 23.1 Å². The third-order valence-corrected chi connectivity index (χ3v) is 5.02. The highest BCUT2D eigenvalue weighted by molar-refractivity contribution is 5.72. The highest BCUT2D eigenvalue weighted by Crippen LogP contribution is 2.32. The summed E-state index contributed by atoms with van der Waals surface area (Å²) < 4.78 is 18.1. The molecular weight excluding hydrogens is 359 g/mol. The third kappa shape index (κ3) is 2.67. The van der Waals surface area contributed by atoms with Gasteiger partial charge in [0.2, 0.25) is 0 Å². The van der Waals surface area contributed by atoms with Crippen LogP contribution in [0.1, 0.15) is 24.4 Å². The Hall–Kier alpha value is -3.48. The first-order valence-electron chi connectivity index (χ1n) is 9.16. The second-order valence-corrected chi connectivity index (χ2v) is 7.03. The van der Waals surface area contributed by atoms with Gasteiger partial charge in [-0.3, -0.25) is 9.36 Å². The fourth-order valence-electron chi connectivity index (χ4n) is 3.57. The highest BCUT2D eigenvalue weighted by Gasteiger charge is 2.30. The van der Waals surface area contributed by atoms with Crippen molar-refractivity contribution in [3.63, 3.8) is 0 Å². The fourth-order valence-corrected chi connectivity index (χ4v) is 3.57. The Labute approximate surface area is 159 Å². The van der Waals surface area contributed by atoms with Gasteiger partial charge < -0.3 is 4.57 Å². The molecule has 140 valence electrons. The van der Waals surface area contributed by atoms with Gasteiger partial charge in [-0.1, -0.05) is 30.3 Å². The molecule has 0 bridgehead atoms.